The smallest absolute Gasteiger partial charge is 0.226 e. The lowest BCUT2D eigenvalue weighted by molar-refractivity contribution is -0.132. The van der Waals surface area contributed by atoms with Crippen molar-refractivity contribution in [3.63, 3.8) is 0 Å². The Labute approximate surface area is 239 Å². The molecule has 0 aromatic heterocycles. The van der Waals surface area contributed by atoms with E-state index in [4.69, 9.17) is 16.3 Å². The van der Waals surface area contributed by atoms with Crippen molar-refractivity contribution >= 4 is 28.9 Å². The molecule has 3 aromatic carbocycles. The minimum atomic E-state index is -0.283. The summed E-state index contributed by atoms with van der Waals surface area (Å²) < 4.78 is 20.3. The van der Waals surface area contributed by atoms with E-state index in [-0.39, 0.29) is 17.9 Å². The number of rotatable bonds is 5. The molecule has 1 amide bonds. The van der Waals surface area contributed by atoms with Gasteiger partial charge < -0.3 is 20.3 Å². The van der Waals surface area contributed by atoms with Gasteiger partial charge in [0.25, 0.3) is 0 Å². The van der Waals surface area contributed by atoms with E-state index in [0.717, 1.165) is 52.2 Å². The molecule has 2 N–H and O–H groups in total. The van der Waals surface area contributed by atoms with Crippen molar-refractivity contribution in [1.82, 2.24) is 9.80 Å². The molecule has 0 saturated carbocycles. The molecule has 0 radical (unpaired) electrons. The molecule has 6 nitrogen and oxygen atoms in total. The monoisotopic (exact) mass is 560 g/mol. The molecule has 208 valence electrons. The summed E-state index contributed by atoms with van der Waals surface area (Å²) in [5, 5.41) is 7.31. The highest BCUT2D eigenvalue weighted by Crippen LogP contribution is 2.35. The van der Waals surface area contributed by atoms with Gasteiger partial charge in [0.05, 0.1) is 24.1 Å². The number of fused-ring (bicyclic) bond motifs is 2. The minimum absolute atomic E-state index is 0.137. The molecule has 3 aromatic rings. The predicted octanol–water partition coefficient (Wildman–Crippen LogP) is 6.32. The molecule has 1 saturated heterocycles. The number of nitrogens with zero attached hydrogens (tertiary/aromatic N) is 2. The second kappa shape index (κ2) is 11.5. The van der Waals surface area contributed by atoms with Crippen molar-refractivity contribution in [2.75, 3.05) is 43.4 Å². The highest BCUT2D eigenvalue weighted by molar-refractivity contribution is 6.31. The van der Waals surface area contributed by atoms with E-state index < -0.39 is 0 Å². The molecule has 0 spiro atoms. The van der Waals surface area contributed by atoms with Crippen LogP contribution < -0.4 is 15.4 Å². The molecule has 3 aliphatic heterocycles. The summed E-state index contributed by atoms with van der Waals surface area (Å²) in [5.74, 6) is 0.762. The summed E-state index contributed by atoms with van der Waals surface area (Å²) in [6.07, 6.45) is 4.29. The Kier molecular flexibility index (Phi) is 7.67. The normalized spacial score (nSPS) is 20.1. The van der Waals surface area contributed by atoms with Gasteiger partial charge in [0.1, 0.15) is 11.6 Å². The van der Waals surface area contributed by atoms with E-state index in [2.05, 4.69) is 64.9 Å². The summed E-state index contributed by atoms with van der Waals surface area (Å²) in [6, 6.07) is 17.6. The Morgan fingerprint density at radius 3 is 2.62 bits per heavy atom. The zero-order chi connectivity index (χ0) is 27.6. The van der Waals surface area contributed by atoms with Gasteiger partial charge in [-0.3, -0.25) is 9.69 Å². The lowest BCUT2D eigenvalue weighted by Gasteiger charge is -2.35. The van der Waals surface area contributed by atoms with Gasteiger partial charge in [-0.15, -0.1) is 0 Å². The Balaban J connectivity index is 1.07. The Morgan fingerprint density at radius 1 is 1.02 bits per heavy atom. The summed E-state index contributed by atoms with van der Waals surface area (Å²) in [5.41, 5.74) is 7.30. The zero-order valence-corrected chi connectivity index (χ0v) is 23.4. The zero-order valence-electron chi connectivity index (χ0n) is 22.7. The highest BCUT2D eigenvalue weighted by Gasteiger charge is 2.24. The van der Waals surface area contributed by atoms with Crippen LogP contribution in [-0.4, -0.2) is 54.7 Å². The summed E-state index contributed by atoms with van der Waals surface area (Å²) >= 11 is 6.21. The van der Waals surface area contributed by atoms with Gasteiger partial charge in [0.2, 0.25) is 5.91 Å². The summed E-state index contributed by atoms with van der Waals surface area (Å²) in [7, 11) is 0. The maximum Gasteiger partial charge on any atom is 0.226 e. The van der Waals surface area contributed by atoms with Gasteiger partial charge in [0.15, 0.2) is 0 Å². The van der Waals surface area contributed by atoms with Crippen molar-refractivity contribution in [2.24, 2.45) is 0 Å². The van der Waals surface area contributed by atoms with E-state index in [0.29, 0.717) is 56.3 Å². The van der Waals surface area contributed by atoms with Crippen molar-refractivity contribution in [2.45, 2.75) is 38.9 Å². The third-order valence-electron chi connectivity index (χ3n) is 8.00. The number of carbonyl (C=O) groups excluding carboxylic acids is 1. The third kappa shape index (κ3) is 5.81. The first kappa shape index (κ1) is 26.7. The van der Waals surface area contributed by atoms with Crippen molar-refractivity contribution in [3.8, 4) is 16.9 Å². The maximum atomic E-state index is 14.2. The first-order valence-electron chi connectivity index (χ1n) is 14.0. The fourth-order valence-electron chi connectivity index (χ4n) is 5.71. The number of anilines is 2. The summed E-state index contributed by atoms with van der Waals surface area (Å²) in [6.45, 7) is 5.76. The van der Waals surface area contributed by atoms with E-state index in [9.17, 15) is 9.18 Å². The van der Waals surface area contributed by atoms with Crippen LogP contribution in [0.4, 0.5) is 15.8 Å². The first-order chi connectivity index (χ1) is 19.4. The largest absolute Gasteiger partial charge is 0.493 e. The van der Waals surface area contributed by atoms with Crippen molar-refractivity contribution in [3.05, 3.63) is 88.2 Å². The highest BCUT2D eigenvalue weighted by atomic mass is 35.5. The standard InChI is InChI=1S/C32H34ClFN4O2/c1-21-35-29-9-7-24(19-30(29)36-21)23-8-10-31-25(18-23)6-5-22(11-16-40-31)17-32(39)38-14-12-37(13-15-38)20-26-27(33)3-2-4-28(26)34/h2-5,7-10,18-19,21,35-36H,6,11-17,20H2,1H3/b22-5+. The molecular weight excluding hydrogens is 527 g/mol. The molecular formula is C32H34ClFN4O2. The lowest BCUT2D eigenvalue weighted by atomic mass is 9.97. The topological polar surface area (TPSA) is 56.8 Å². The molecule has 3 aliphatic rings. The number of nitrogens with one attached hydrogen (secondary N) is 2. The number of carbonyl (C=O) groups is 1. The molecule has 8 heteroatoms. The molecule has 0 bridgehead atoms. The average Bonchev–Trinajstić information content (AvgIpc) is 3.32. The SMILES string of the molecule is CC1Nc2ccc(-c3ccc4c(c3)C/C=C(/CC(=O)N3CCN(Cc5c(F)cccc5Cl)CC3)CCO4)cc2N1. The van der Waals surface area contributed by atoms with Gasteiger partial charge >= 0.3 is 0 Å². The number of allylic oxidation sites excluding steroid dienone is 1. The molecule has 1 atom stereocenters. The van der Waals surface area contributed by atoms with E-state index in [1.54, 1.807) is 12.1 Å². The fourth-order valence-corrected chi connectivity index (χ4v) is 5.93. The second-order valence-electron chi connectivity index (χ2n) is 10.8. The van der Waals surface area contributed by atoms with Gasteiger partial charge in [-0.2, -0.15) is 0 Å². The Morgan fingerprint density at radius 2 is 1.80 bits per heavy atom. The van der Waals surface area contributed by atoms with E-state index in [1.807, 2.05) is 4.90 Å². The van der Waals surface area contributed by atoms with Crippen LogP contribution in [0.15, 0.2) is 66.2 Å². The van der Waals surface area contributed by atoms with E-state index >= 15 is 0 Å². The van der Waals surface area contributed by atoms with Gasteiger partial charge in [-0.05, 0) is 66.4 Å². The van der Waals surface area contributed by atoms with Crippen LogP contribution in [0.3, 0.4) is 0 Å². The number of benzene rings is 3. The number of piperazine rings is 1. The van der Waals surface area contributed by atoms with Gasteiger partial charge in [-0.25, -0.2) is 4.39 Å². The number of halogens is 2. The number of ether oxygens (including phenoxy) is 1. The fraction of sp³-hybridized carbons (Fsp3) is 0.344. The third-order valence-corrected chi connectivity index (χ3v) is 8.35. The molecule has 3 heterocycles. The molecule has 1 fully saturated rings. The van der Waals surface area contributed by atoms with Crippen LogP contribution in [0, 0.1) is 5.82 Å². The molecule has 6 rings (SSSR count). The molecule has 40 heavy (non-hydrogen) atoms. The number of hydrogen-bond acceptors (Lipinski definition) is 5. The quantitative estimate of drug-likeness (QED) is 0.358. The number of amides is 1. The summed E-state index contributed by atoms with van der Waals surface area (Å²) in [4.78, 5) is 17.2. The molecule has 1 unspecified atom stereocenters. The van der Waals surface area contributed by atoms with Crippen LogP contribution in [0.25, 0.3) is 11.1 Å². The van der Waals surface area contributed by atoms with Crippen LogP contribution in [-0.2, 0) is 17.8 Å². The lowest BCUT2D eigenvalue weighted by Crippen LogP contribution is -2.48. The Bertz CT molecular complexity index is 1430. The minimum Gasteiger partial charge on any atom is -0.493 e. The van der Waals surface area contributed by atoms with Crippen LogP contribution in [0.1, 0.15) is 30.9 Å². The first-order valence-corrected chi connectivity index (χ1v) is 14.3. The maximum absolute atomic E-state index is 14.2. The molecule has 0 aliphatic carbocycles. The van der Waals surface area contributed by atoms with Crippen molar-refractivity contribution in [1.29, 1.82) is 0 Å². The van der Waals surface area contributed by atoms with Gasteiger partial charge in [0, 0.05) is 56.2 Å². The second-order valence-corrected chi connectivity index (χ2v) is 11.2. The predicted molar refractivity (Wildman–Crippen MR) is 158 cm³/mol. The van der Waals surface area contributed by atoms with Crippen LogP contribution in [0.2, 0.25) is 5.02 Å². The van der Waals surface area contributed by atoms with Gasteiger partial charge in [-0.1, -0.05) is 41.4 Å². The van der Waals surface area contributed by atoms with Crippen LogP contribution in [0.5, 0.6) is 5.75 Å². The Hall–Kier alpha value is -3.55. The van der Waals surface area contributed by atoms with Crippen molar-refractivity contribution < 1.29 is 13.9 Å². The number of hydrogen-bond donors (Lipinski definition) is 2. The van der Waals surface area contributed by atoms with E-state index in [1.165, 1.54) is 6.07 Å². The average molecular weight is 561 g/mol. The van der Waals surface area contributed by atoms with Crippen LogP contribution >= 0.6 is 11.6 Å².